The maximum atomic E-state index is 12.0. The summed E-state index contributed by atoms with van der Waals surface area (Å²) in [5.74, 6) is -0.532. The number of carbonyl (C=O) groups excluding carboxylic acids is 2. The minimum atomic E-state index is -0.401. The summed E-state index contributed by atoms with van der Waals surface area (Å²) in [5.41, 5.74) is 1.44. The third kappa shape index (κ3) is 5.75. The van der Waals surface area contributed by atoms with Crippen molar-refractivity contribution in [3.8, 4) is 0 Å². The number of nitrogens with one attached hydrogen (secondary N) is 2. The molecule has 0 aliphatic carbocycles. The summed E-state index contributed by atoms with van der Waals surface area (Å²) in [7, 11) is 0. The lowest BCUT2D eigenvalue weighted by atomic mass is 10.2. The Balaban J connectivity index is 1.91. The molecule has 7 nitrogen and oxygen atoms in total. The fourth-order valence-electron chi connectivity index (χ4n) is 1.97. The van der Waals surface area contributed by atoms with Crippen molar-refractivity contribution < 1.29 is 14.3 Å². The van der Waals surface area contributed by atoms with E-state index in [4.69, 9.17) is 4.74 Å². The van der Waals surface area contributed by atoms with Gasteiger partial charge in [-0.15, -0.1) is 0 Å². The van der Waals surface area contributed by atoms with Crippen LogP contribution in [0.3, 0.4) is 0 Å². The Labute approximate surface area is 149 Å². The van der Waals surface area contributed by atoms with Crippen LogP contribution in [0.15, 0.2) is 40.3 Å². The summed E-state index contributed by atoms with van der Waals surface area (Å²) in [6, 6.07) is 7.88. The monoisotopic (exact) mass is 361 g/mol. The molecule has 0 aliphatic rings. The largest absolute Gasteiger partial charge is 0.462 e. The molecule has 25 heavy (non-hydrogen) atoms. The van der Waals surface area contributed by atoms with E-state index < -0.39 is 5.97 Å². The zero-order valence-corrected chi connectivity index (χ0v) is 14.8. The second-order valence-corrected chi connectivity index (χ2v) is 5.99. The van der Waals surface area contributed by atoms with Gasteiger partial charge in [-0.1, -0.05) is 18.7 Å². The normalized spacial score (nSPS) is 10.3. The molecule has 1 aromatic carbocycles. The van der Waals surface area contributed by atoms with E-state index in [0.717, 1.165) is 11.8 Å². The van der Waals surface area contributed by atoms with Crippen molar-refractivity contribution in [1.29, 1.82) is 0 Å². The molecule has 2 aromatic rings. The molecular formula is C17H19N3O4S. The van der Waals surface area contributed by atoms with Gasteiger partial charge >= 0.3 is 5.97 Å². The van der Waals surface area contributed by atoms with Gasteiger partial charge in [0.15, 0.2) is 5.16 Å². The van der Waals surface area contributed by atoms with Gasteiger partial charge in [0.1, 0.15) is 0 Å². The lowest BCUT2D eigenvalue weighted by Gasteiger charge is -2.06. The van der Waals surface area contributed by atoms with E-state index in [2.05, 4.69) is 15.3 Å². The predicted molar refractivity (Wildman–Crippen MR) is 96.0 cm³/mol. The molecule has 0 saturated carbocycles. The minimum Gasteiger partial charge on any atom is -0.462 e. The van der Waals surface area contributed by atoms with E-state index in [1.165, 1.54) is 6.07 Å². The topological polar surface area (TPSA) is 101 Å². The van der Waals surface area contributed by atoms with Crippen LogP contribution in [0.1, 0.15) is 29.9 Å². The van der Waals surface area contributed by atoms with Gasteiger partial charge in [-0.05, 0) is 37.6 Å². The summed E-state index contributed by atoms with van der Waals surface area (Å²) >= 11 is 1.15. The molecule has 0 radical (unpaired) electrons. The Hall–Kier alpha value is -2.61. The summed E-state index contributed by atoms with van der Waals surface area (Å²) in [6.07, 6.45) is 0.649. The van der Waals surface area contributed by atoms with Crippen molar-refractivity contribution in [1.82, 2.24) is 9.97 Å². The highest BCUT2D eigenvalue weighted by atomic mass is 32.2. The number of H-pyrrole nitrogens is 1. The zero-order valence-electron chi connectivity index (χ0n) is 14.0. The Morgan fingerprint density at radius 2 is 1.96 bits per heavy atom. The Morgan fingerprint density at radius 1 is 1.24 bits per heavy atom. The molecule has 0 saturated heterocycles. The molecule has 2 N–H and O–H groups in total. The van der Waals surface area contributed by atoms with Gasteiger partial charge < -0.3 is 15.0 Å². The van der Waals surface area contributed by atoms with Crippen LogP contribution >= 0.6 is 11.8 Å². The molecule has 0 atom stereocenters. The first-order valence-electron chi connectivity index (χ1n) is 7.82. The van der Waals surface area contributed by atoms with Crippen molar-refractivity contribution in [3.63, 3.8) is 0 Å². The molecule has 0 fully saturated rings. The first kappa shape index (κ1) is 18.7. The van der Waals surface area contributed by atoms with E-state index in [1.807, 2.05) is 6.92 Å². The van der Waals surface area contributed by atoms with Crippen LogP contribution in [0.25, 0.3) is 0 Å². The van der Waals surface area contributed by atoms with Gasteiger partial charge in [0.2, 0.25) is 5.91 Å². The highest BCUT2D eigenvalue weighted by Gasteiger charge is 2.09. The number of benzene rings is 1. The van der Waals surface area contributed by atoms with Crippen LogP contribution in [-0.2, 0) is 16.0 Å². The van der Waals surface area contributed by atoms with Crippen molar-refractivity contribution in [2.75, 3.05) is 17.7 Å². The van der Waals surface area contributed by atoms with E-state index >= 15 is 0 Å². The summed E-state index contributed by atoms with van der Waals surface area (Å²) < 4.78 is 4.90. The fraction of sp³-hybridized carbons (Fsp3) is 0.294. The molecule has 1 heterocycles. The molecule has 0 unspecified atom stereocenters. The molecule has 0 bridgehead atoms. The van der Waals surface area contributed by atoms with Crippen LogP contribution in [0.2, 0.25) is 0 Å². The van der Waals surface area contributed by atoms with Crippen molar-refractivity contribution in [3.05, 3.63) is 51.9 Å². The standard InChI is InChI=1S/C17H19N3O4S/c1-3-12-9-14(21)20-17(19-12)25-10-15(22)18-13-7-5-11(6-8-13)16(23)24-4-2/h5-9H,3-4,10H2,1-2H3,(H,18,22)(H,19,20,21). The van der Waals surface area contributed by atoms with Crippen molar-refractivity contribution in [2.24, 2.45) is 0 Å². The number of carbonyl (C=O) groups is 2. The molecule has 1 amide bonds. The minimum absolute atomic E-state index is 0.107. The summed E-state index contributed by atoms with van der Waals surface area (Å²) in [5, 5.41) is 3.14. The predicted octanol–water partition coefficient (Wildman–Crippen LogP) is 2.24. The van der Waals surface area contributed by atoms with Crippen molar-refractivity contribution in [2.45, 2.75) is 25.4 Å². The van der Waals surface area contributed by atoms with Gasteiger partial charge in [0.25, 0.3) is 5.56 Å². The number of aromatic nitrogens is 2. The molecule has 8 heteroatoms. The highest BCUT2D eigenvalue weighted by Crippen LogP contribution is 2.14. The van der Waals surface area contributed by atoms with Gasteiger partial charge in [-0.3, -0.25) is 9.59 Å². The number of amides is 1. The van der Waals surface area contributed by atoms with Gasteiger partial charge in [-0.2, -0.15) is 0 Å². The summed E-state index contributed by atoms with van der Waals surface area (Å²) in [4.78, 5) is 41.9. The third-order valence-electron chi connectivity index (χ3n) is 3.16. The number of ether oxygens (including phenoxy) is 1. The SMILES string of the molecule is CCOC(=O)c1ccc(NC(=O)CSc2nc(CC)cc(=O)[nH]2)cc1. The van der Waals surface area contributed by atoms with Gasteiger partial charge in [-0.25, -0.2) is 9.78 Å². The Kier molecular flexibility index (Phi) is 6.76. The lowest BCUT2D eigenvalue weighted by Crippen LogP contribution is -2.16. The van der Waals surface area contributed by atoms with Gasteiger partial charge in [0, 0.05) is 17.4 Å². The van der Waals surface area contributed by atoms with E-state index in [0.29, 0.717) is 35.1 Å². The molecule has 2 rings (SSSR count). The second kappa shape index (κ2) is 9.03. The molecule has 132 valence electrons. The highest BCUT2D eigenvalue weighted by molar-refractivity contribution is 7.99. The van der Waals surface area contributed by atoms with Crippen molar-refractivity contribution >= 4 is 29.3 Å². The number of thioether (sulfide) groups is 1. The number of hydrogen-bond donors (Lipinski definition) is 2. The van der Waals surface area contributed by atoms with E-state index in [-0.39, 0.29) is 17.2 Å². The summed E-state index contributed by atoms with van der Waals surface area (Å²) in [6.45, 7) is 3.95. The van der Waals surface area contributed by atoms with Crippen LogP contribution < -0.4 is 10.9 Å². The average Bonchev–Trinajstić information content (AvgIpc) is 2.60. The maximum Gasteiger partial charge on any atom is 0.338 e. The van der Waals surface area contributed by atoms with E-state index in [9.17, 15) is 14.4 Å². The number of nitrogens with zero attached hydrogens (tertiary/aromatic N) is 1. The maximum absolute atomic E-state index is 12.0. The molecular weight excluding hydrogens is 342 g/mol. The third-order valence-corrected chi connectivity index (χ3v) is 4.03. The number of esters is 1. The van der Waals surface area contributed by atoms with Crippen LogP contribution in [0.4, 0.5) is 5.69 Å². The first-order valence-corrected chi connectivity index (χ1v) is 8.80. The molecule has 0 aliphatic heterocycles. The molecule has 1 aromatic heterocycles. The Morgan fingerprint density at radius 3 is 2.60 bits per heavy atom. The lowest BCUT2D eigenvalue weighted by molar-refractivity contribution is -0.113. The second-order valence-electron chi connectivity index (χ2n) is 5.03. The number of aryl methyl sites for hydroxylation is 1. The van der Waals surface area contributed by atoms with Crippen LogP contribution in [-0.4, -0.2) is 34.2 Å². The smallest absolute Gasteiger partial charge is 0.338 e. The number of aromatic amines is 1. The average molecular weight is 361 g/mol. The zero-order chi connectivity index (χ0) is 18.2. The van der Waals surface area contributed by atoms with Crippen LogP contribution in [0, 0.1) is 0 Å². The van der Waals surface area contributed by atoms with E-state index in [1.54, 1.807) is 31.2 Å². The molecule has 0 spiro atoms. The fourth-order valence-corrected chi connectivity index (χ4v) is 2.66. The Bertz CT molecular complexity index is 802. The van der Waals surface area contributed by atoms with Gasteiger partial charge in [0.05, 0.1) is 17.9 Å². The number of hydrogen-bond acceptors (Lipinski definition) is 6. The number of anilines is 1. The number of rotatable bonds is 7. The first-order chi connectivity index (χ1) is 12.0. The van der Waals surface area contributed by atoms with Crippen LogP contribution in [0.5, 0.6) is 0 Å². The quantitative estimate of drug-likeness (QED) is 0.446.